The Morgan fingerprint density at radius 2 is 1.71 bits per heavy atom. The minimum absolute atomic E-state index is 0.00270. The van der Waals surface area contributed by atoms with Crippen LogP contribution in [0.4, 0.5) is 5.69 Å². The summed E-state index contributed by atoms with van der Waals surface area (Å²) in [7, 11) is 0. The molecule has 216 valence electrons. The van der Waals surface area contributed by atoms with Crippen molar-refractivity contribution in [3.05, 3.63) is 114 Å². The van der Waals surface area contributed by atoms with Gasteiger partial charge in [0.25, 0.3) is 0 Å². The van der Waals surface area contributed by atoms with Crippen molar-refractivity contribution in [2.45, 2.75) is 60.0 Å². The lowest BCUT2D eigenvalue weighted by Gasteiger charge is -2.44. The topological polar surface area (TPSA) is 79.3 Å². The van der Waals surface area contributed by atoms with Crippen molar-refractivity contribution in [2.75, 3.05) is 4.90 Å². The van der Waals surface area contributed by atoms with Gasteiger partial charge >= 0.3 is 0 Å². The number of nitrogens with zero attached hydrogens (tertiary/aromatic N) is 2. The maximum absolute atomic E-state index is 14.0. The number of halogens is 3. The maximum atomic E-state index is 14.0. The molecule has 1 aliphatic heterocycles. The lowest BCUT2D eigenvalue weighted by atomic mass is 9.68. The van der Waals surface area contributed by atoms with Crippen molar-refractivity contribution in [3.8, 4) is 11.8 Å². The van der Waals surface area contributed by atoms with Crippen LogP contribution >= 0.6 is 34.8 Å². The van der Waals surface area contributed by atoms with Crippen LogP contribution in [-0.2, 0) is 11.4 Å². The summed E-state index contributed by atoms with van der Waals surface area (Å²) < 4.78 is 6.21. The minimum Gasteiger partial charge on any atom is -0.489 e. The number of nitrogens with two attached hydrogens (primary N) is 1. The standard InChI is InChI=1S/C34H32Cl3N3O2/c1-18-10-21(17-42-30-9-7-22(35)12-19(30)2)20(3)24(11-18)31-25(16-38)33(39)40(27-8-6-23(36)13-26(27)37)28-14-34(4,5)15-29(41)32(28)31/h6-13,31H,14-15,17,39H2,1-5H3. The van der Waals surface area contributed by atoms with Crippen LogP contribution in [0, 0.1) is 37.5 Å². The number of ether oxygens (including phenoxy) is 1. The fourth-order valence-corrected chi connectivity index (χ4v) is 6.82. The number of carbonyl (C=O) groups excluding carboxylic acids is 1. The molecule has 0 saturated heterocycles. The van der Waals surface area contributed by atoms with Gasteiger partial charge in [0, 0.05) is 27.7 Å². The second-order valence-electron chi connectivity index (χ2n) is 11.9. The fraction of sp³-hybridized carbons (Fsp3) is 0.294. The number of benzene rings is 3. The van der Waals surface area contributed by atoms with Crippen molar-refractivity contribution in [3.63, 3.8) is 0 Å². The van der Waals surface area contributed by atoms with Crippen LogP contribution in [0.2, 0.25) is 15.1 Å². The summed E-state index contributed by atoms with van der Waals surface area (Å²) in [4.78, 5) is 15.8. The van der Waals surface area contributed by atoms with Gasteiger partial charge in [0.1, 0.15) is 18.2 Å². The Balaban J connectivity index is 1.68. The zero-order valence-electron chi connectivity index (χ0n) is 24.2. The Hall–Kier alpha value is -3.43. The molecule has 0 amide bonds. The number of Topliss-reactive ketones (excluding diaryl/α,β-unsaturated/α-hetero) is 1. The highest BCUT2D eigenvalue weighted by Gasteiger charge is 2.45. The van der Waals surface area contributed by atoms with E-state index in [4.69, 9.17) is 45.3 Å². The number of nitriles is 1. The van der Waals surface area contributed by atoms with Gasteiger partial charge < -0.3 is 10.5 Å². The molecule has 0 fully saturated rings. The van der Waals surface area contributed by atoms with Gasteiger partial charge in [-0.25, -0.2) is 0 Å². The molecule has 0 aromatic heterocycles. The number of ketones is 1. The second kappa shape index (κ2) is 11.3. The molecule has 5 nitrogen and oxygen atoms in total. The molecule has 42 heavy (non-hydrogen) atoms. The van der Waals surface area contributed by atoms with Gasteiger partial charge in [0.2, 0.25) is 0 Å². The molecule has 1 aliphatic carbocycles. The van der Waals surface area contributed by atoms with Crippen LogP contribution in [0.5, 0.6) is 5.75 Å². The lowest BCUT2D eigenvalue weighted by Crippen LogP contribution is -2.42. The summed E-state index contributed by atoms with van der Waals surface area (Å²) in [5, 5.41) is 12.1. The first kappa shape index (κ1) is 30.0. The van der Waals surface area contributed by atoms with Gasteiger partial charge in [0.15, 0.2) is 5.78 Å². The van der Waals surface area contributed by atoms with Crippen molar-refractivity contribution in [1.82, 2.24) is 0 Å². The van der Waals surface area contributed by atoms with Gasteiger partial charge in [-0.05, 0) is 91.3 Å². The van der Waals surface area contributed by atoms with E-state index in [-0.39, 0.29) is 17.0 Å². The Kier molecular flexibility index (Phi) is 8.11. The van der Waals surface area contributed by atoms with E-state index in [1.807, 2.05) is 39.0 Å². The molecule has 5 rings (SSSR count). The molecule has 0 saturated carbocycles. The van der Waals surface area contributed by atoms with E-state index in [0.29, 0.717) is 51.4 Å². The largest absolute Gasteiger partial charge is 0.489 e. The number of rotatable bonds is 5. The van der Waals surface area contributed by atoms with Crippen LogP contribution in [0.25, 0.3) is 0 Å². The smallest absolute Gasteiger partial charge is 0.162 e. The quantitative estimate of drug-likeness (QED) is 0.308. The number of allylic oxidation sites excluding steroid dienone is 3. The van der Waals surface area contributed by atoms with Gasteiger partial charge in [-0.1, -0.05) is 66.3 Å². The van der Waals surface area contributed by atoms with E-state index in [2.05, 4.69) is 26.0 Å². The minimum atomic E-state index is -0.619. The summed E-state index contributed by atoms with van der Waals surface area (Å²) in [6.45, 7) is 10.4. The molecule has 1 unspecified atom stereocenters. The zero-order chi connectivity index (χ0) is 30.5. The van der Waals surface area contributed by atoms with Crippen molar-refractivity contribution >= 4 is 46.3 Å². The van der Waals surface area contributed by atoms with Gasteiger partial charge in [0.05, 0.1) is 28.3 Å². The first-order chi connectivity index (χ1) is 19.8. The van der Waals surface area contributed by atoms with Gasteiger partial charge in [-0.2, -0.15) is 5.26 Å². The van der Waals surface area contributed by atoms with E-state index in [0.717, 1.165) is 39.3 Å². The number of hydrogen-bond acceptors (Lipinski definition) is 5. The highest BCUT2D eigenvalue weighted by atomic mass is 35.5. The summed E-state index contributed by atoms with van der Waals surface area (Å²) in [5.74, 6) is 0.377. The Bertz CT molecular complexity index is 1730. The van der Waals surface area contributed by atoms with E-state index in [1.165, 1.54) is 0 Å². The molecule has 2 N–H and O–H groups in total. The highest BCUT2D eigenvalue weighted by molar-refractivity contribution is 6.36. The molecule has 8 heteroatoms. The number of anilines is 1. The fourth-order valence-electron chi connectivity index (χ4n) is 6.10. The number of carbonyl (C=O) groups is 1. The third-order valence-corrected chi connectivity index (χ3v) is 8.84. The predicted molar refractivity (Wildman–Crippen MR) is 170 cm³/mol. The Labute approximate surface area is 262 Å². The average Bonchev–Trinajstić information content (AvgIpc) is 2.89. The third kappa shape index (κ3) is 5.52. The number of hydrogen-bond donors (Lipinski definition) is 1. The van der Waals surface area contributed by atoms with Gasteiger partial charge in [-0.3, -0.25) is 9.69 Å². The highest BCUT2D eigenvalue weighted by Crippen LogP contribution is 2.52. The summed E-state index contributed by atoms with van der Waals surface area (Å²) in [6.07, 6.45) is 0.944. The van der Waals surface area contributed by atoms with Crippen molar-refractivity contribution in [2.24, 2.45) is 11.1 Å². The first-order valence-electron chi connectivity index (χ1n) is 13.7. The average molecular weight is 621 g/mol. The molecule has 1 heterocycles. The van der Waals surface area contributed by atoms with Crippen LogP contribution in [0.15, 0.2) is 71.2 Å². The summed E-state index contributed by atoms with van der Waals surface area (Å²) >= 11 is 19.0. The third-order valence-electron chi connectivity index (χ3n) is 8.06. The predicted octanol–water partition coefficient (Wildman–Crippen LogP) is 9.09. The molecule has 0 bridgehead atoms. The summed E-state index contributed by atoms with van der Waals surface area (Å²) in [6, 6.07) is 17.1. The molecular formula is C34H32Cl3N3O2. The molecule has 3 aromatic rings. The van der Waals surface area contributed by atoms with Crippen molar-refractivity contribution in [1.29, 1.82) is 5.26 Å². The first-order valence-corrected chi connectivity index (χ1v) is 14.8. The molecule has 0 radical (unpaired) electrons. The summed E-state index contributed by atoms with van der Waals surface area (Å²) in [5.41, 5.74) is 13.5. The molecule has 2 aliphatic rings. The van der Waals surface area contributed by atoms with E-state index in [9.17, 15) is 10.1 Å². The van der Waals surface area contributed by atoms with E-state index in [1.54, 1.807) is 29.2 Å². The number of aryl methyl sites for hydroxylation is 2. The van der Waals surface area contributed by atoms with Gasteiger partial charge in [-0.15, -0.1) is 0 Å². The SMILES string of the molecule is Cc1cc(COc2ccc(Cl)cc2C)c(C)c(C2C(C#N)=C(N)N(c3ccc(Cl)cc3Cl)C3=C2C(=O)CC(C)(C)C3)c1. The van der Waals surface area contributed by atoms with Crippen LogP contribution < -0.4 is 15.4 Å². The van der Waals surface area contributed by atoms with Crippen LogP contribution in [0.3, 0.4) is 0 Å². The maximum Gasteiger partial charge on any atom is 0.162 e. The Morgan fingerprint density at radius 3 is 2.38 bits per heavy atom. The van der Waals surface area contributed by atoms with E-state index >= 15 is 0 Å². The lowest BCUT2D eigenvalue weighted by molar-refractivity contribution is -0.118. The van der Waals surface area contributed by atoms with Crippen molar-refractivity contribution < 1.29 is 9.53 Å². The molecule has 3 aromatic carbocycles. The monoisotopic (exact) mass is 619 g/mol. The molecule has 1 atom stereocenters. The normalized spacial score (nSPS) is 18.2. The van der Waals surface area contributed by atoms with Crippen LogP contribution in [-0.4, -0.2) is 5.78 Å². The van der Waals surface area contributed by atoms with Crippen LogP contribution in [0.1, 0.15) is 60.4 Å². The molecular weight excluding hydrogens is 589 g/mol. The molecule has 0 spiro atoms. The zero-order valence-corrected chi connectivity index (χ0v) is 26.5. The van der Waals surface area contributed by atoms with E-state index < -0.39 is 5.92 Å². The Morgan fingerprint density at radius 1 is 1.02 bits per heavy atom. The second-order valence-corrected chi connectivity index (χ2v) is 13.2.